The molecule has 0 unspecified atom stereocenters. The predicted molar refractivity (Wildman–Crippen MR) is 113 cm³/mol. The van der Waals surface area contributed by atoms with Crippen LogP contribution in [0, 0.1) is 6.92 Å². The molecule has 0 atom stereocenters. The first-order valence-electron chi connectivity index (χ1n) is 10.2. The summed E-state index contributed by atoms with van der Waals surface area (Å²) in [6.45, 7) is 3.02. The van der Waals surface area contributed by atoms with Crippen LogP contribution in [0.25, 0.3) is 0 Å². The summed E-state index contributed by atoms with van der Waals surface area (Å²) >= 11 is 0. The zero-order valence-corrected chi connectivity index (χ0v) is 17.9. The maximum atomic E-state index is 5.51. The average Bonchev–Trinajstić information content (AvgIpc) is 3.08. The average molecular weight is 401 g/mol. The molecule has 0 amide bonds. The predicted octanol–water partition coefficient (Wildman–Crippen LogP) is 2.71. The molecule has 1 aliphatic rings. The molecule has 8 heteroatoms. The normalized spacial score (nSPS) is 15.2. The van der Waals surface area contributed by atoms with E-state index in [2.05, 4.69) is 20.8 Å². The summed E-state index contributed by atoms with van der Waals surface area (Å²) in [4.78, 5) is 4.82. The molecule has 1 saturated carbocycles. The van der Waals surface area contributed by atoms with Crippen molar-refractivity contribution in [2.24, 2.45) is 12.0 Å². The molecule has 8 nitrogen and oxygen atoms in total. The van der Waals surface area contributed by atoms with Crippen LogP contribution in [0.15, 0.2) is 23.2 Å². The minimum absolute atomic E-state index is 0.453. The lowest BCUT2D eigenvalue weighted by atomic mass is 9.96. The minimum atomic E-state index is 0.453. The number of benzene rings is 1. The zero-order chi connectivity index (χ0) is 20.6. The zero-order valence-electron chi connectivity index (χ0n) is 17.9. The van der Waals surface area contributed by atoms with E-state index in [0.717, 1.165) is 34.7 Å². The fourth-order valence-electron chi connectivity index (χ4n) is 3.51. The molecule has 29 heavy (non-hydrogen) atoms. The maximum absolute atomic E-state index is 5.51. The lowest BCUT2D eigenvalue weighted by Crippen LogP contribution is -2.44. The second-order valence-corrected chi connectivity index (χ2v) is 7.40. The number of aryl methyl sites for hydroxylation is 1. The van der Waals surface area contributed by atoms with E-state index in [4.69, 9.17) is 14.5 Å². The number of nitrogens with zero attached hydrogens (tertiary/aromatic N) is 4. The molecular formula is C21H32N6O2. The molecule has 2 N–H and O–H groups in total. The number of hydrogen-bond acceptors (Lipinski definition) is 5. The van der Waals surface area contributed by atoms with E-state index in [1.54, 1.807) is 14.2 Å². The van der Waals surface area contributed by atoms with Gasteiger partial charge in [-0.15, -0.1) is 10.2 Å². The first-order chi connectivity index (χ1) is 14.1. The molecule has 1 heterocycles. The van der Waals surface area contributed by atoms with Crippen molar-refractivity contribution in [2.45, 2.75) is 58.2 Å². The van der Waals surface area contributed by atoms with Gasteiger partial charge in [0.15, 0.2) is 11.8 Å². The highest BCUT2D eigenvalue weighted by molar-refractivity contribution is 5.80. The van der Waals surface area contributed by atoms with E-state index in [9.17, 15) is 0 Å². The third kappa shape index (κ3) is 5.62. The summed E-state index contributed by atoms with van der Waals surface area (Å²) in [6, 6.07) is 6.26. The van der Waals surface area contributed by atoms with Gasteiger partial charge in [0.1, 0.15) is 17.3 Å². The number of aromatic nitrogens is 3. The monoisotopic (exact) mass is 400 g/mol. The number of nitrogens with one attached hydrogen (secondary N) is 2. The number of guanidine groups is 1. The molecular weight excluding hydrogens is 368 g/mol. The van der Waals surface area contributed by atoms with Gasteiger partial charge in [-0.2, -0.15) is 0 Å². The van der Waals surface area contributed by atoms with Crippen LogP contribution >= 0.6 is 0 Å². The van der Waals surface area contributed by atoms with Crippen LogP contribution < -0.4 is 20.1 Å². The Morgan fingerprint density at radius 2 is 1.97 bits per heavy atom. The first kappa shape index (κ1) is 21.0. The number of aliphatic imine (C=N–C) groups is 1. The fourth-order valence-corrected chi connectivity index (χ4v) is 3.51. The SMILES string of the molecule is COc1ccc(CN=C(NCc2nnc(C)n2C)NC2CCCCC2)c(OC)c1. The van der Waals surface area contributed by atoms with Crippen molar-refractivity contribution < 1.29 is 9.47 Å². The van der Waals surface area contributed by atoms with E-state index in [0.29, 0.717) is 19.1 Å². The topological polar surface area (TPSA) is 85.6 Å². The maximum Gasteiger partial charge on any atom is 0.192 e. The molecule has 1 aromatic carbocycles. The van der Waals surface area contributed by atoms with Gasteiger partial charge in [0.05, 0.1) is 27.3 Å². The van der Waals surface area contributed by atoms with Crippen molar-refractivity contribution in [1.29, 1.82) is 0 Å². The largest absolute Gasteiger partial charge is 0.497 e. The van der Waals surface area contributed by atoms with Gasteiger partial charge in [0.25, 0.3) is 0 Å². The Labute approximate surface area is 172 Å². The van der Waals surface area contributed by atoms with E-state index in [1.807, 2.05) is 36.7 Å². The Kier molecular flexibility index (Phi) is 7.32. The van der Waals surface area contributed by atoms with Gasteiger partial charge in [0.2, 0.25) is 0 Å². The molecule has 1 fully saturated rings. The van der Waals surface area contributed by atoms with E-state index < -0.39 is 0 Å². The van der Waals surface area contributed by atoms with Gasteiger partial charge in [0, 0.05) is 24.7 Å². The lowest BCUT2D eigenvalue weighted by Gasteiger charge is -2.25. The Bertz CT molecular complexity index is 827. The van der Waals surface area contributed by atoms with Crippen LogP contribution in [0.5, 0.6) is 11.5 Å². The lowest BCUT2D eigenvalue weighted by molar-refractivity contribution is 0.391. The highest BCUT2D eigenvalue weighted by Gasteiger charge is 2.15. The summed E-state index contributed by atoms with van der Waals surface area (Å²) in [6.07, 6.45) is 6.20. The van der Waals surface area contributed by atoms with Gasteiger partial charge in [-0.1, -0.05) is 19.3 Å². The van der Waals surface area contributed by atoms with E-state index in [-0.39, 0.29) is 0 Å². The molecule has 0 bridgehead atoms. The summed E-state index contributed by atoms with van der Waals surface area (Å²) in [7, 11) is 5.29. The van der Waals surface area contributed by atoms with Gasteiger partial charge in [-0.25, -0.2) is 4.99 Å². The fraction of sp³-hybridized carbons (Fsp3) is 0.571. The summed E-state index contributed by atoms with van der Waals surface area (Å²) in [5.74, 6) is 4.10. The molecule has 3 rings (SSSR count). The van der Waals surface area contributed by atoms with Gasteiger partial charge in [-0.05, 0) is 31.9 Å². The van der Waals surface area contributed by atoms with Gasteiger partial charge < -0.3 is 24.7 Å². The molecule has 0 aliphatic heterocycles. The minimum Gasteiger partial charge on any atom is -0.497 e. The van der Waals surface area contributed by atoms with Gasteiger partial charge in [-0.3, -0.25) is 0 Å². The Morgan fingerprint density at radius 3 is 2.62 bits per heavy atom. The number of methoxy groups -OCH3 is 2. The van der Waals surface area contributed by atoms with Crippen molar-refractivity contribution in [1.82, 2.24) is 25.4 Å². The van der Waals surface area contributed by atoms with Crippen LogP contribution in [0.1, 0.15) is 49.3 Å². The van der Waals surface area contributed by atoms with Crippen molar-refractivity contribution in [3.63, 3.8) is 0 Å². The Balaban J connectivity index is 1.73. The standard InChI is InChI=1S/C21H32N6O2/c1-15-25-26-20(27(15)2)14-23-21(24-17-8-6-5-7-9-17)22-13-16-10-11-18(28-3)12-19(16)29-4/h10-12,17H,5-9,13-14H2,1-4H3,(H2,22,23,24). The molecule has 1 aliphatic carbocycles. The highest BCUT2D eigenvalue weighted by atomic mass is 16.5. The number of ether oxygens (including phenoxy) is 2. The van der Waals surface area contributed by atoms with Crippen LogP contribution in [0.3, 0.4) is 0 Å². The third-order valence-corrected chi connectivity index (χ3v) is 5.44. The second kappa shape index (κ2) is 10.1. The van der Waals surface area contributed by atoms with Crippen molar-refractivity contribution >= 4 is 5.96 Å². The Morgan fingerprint density at radius 1 is 1.17 bits per heavy atom. The first-order valence-corrected chi connectivity index (χ1v) is 10.2. The summed E-state index contributed by atoms with van der Waals surface area (Å²) in [5, 5.41) is 15.4. The molecule has 0 radical (unpaired) electrons. The Hall–Kier alpha value is -2.77. The smallest absolute Gasteiger partial charge is 0.192 e. The van der Waals surface area contributed by atoms with E-state index >= 15 is 0 Å². The molecule has 2 aromatic rings. The third-order valence-electron chi connectivity index (χ3n) is 5.44. The van der Waals surface area contributed by atoms with Crippen molar-refractivity contribution in [2.75, 3.05) is 14.2 Å². The van der Waals surface area contributed by atoms with Crippen molar-refractivity contribution in [3.05, 3.63) is 35.4 Å². The van der Waals surface area contributed by atoms with Crippen LogP contribution in [0.4, 0.5) is 0 Å². The highest BCUT2D eigenvalue weighted by Crippen LogP contribution is 2.25. The molecule has 158 valence electrons. The summed E-state index contributed by atoms with van der Waals surface area (Å²) in [5.41, 5.74) is 1.01. The molecule has 0 saturated heterocycles. The number of rotatable bonds is 7. The summed E-state index contributed by atoms with van der Waals surface area (Å²) < 4.78 is 12.8. The molecule has 1 aromatic heterocycles. The second-order valence-electron chi connectivity index (χ2n) is 7.40. The van der Waals surface area contributed by atoms with Crippen LogP contribution in [-0.2, 0) is 20.1 Å². The van der Waals surface area contributed by atoms with Gasteiger partial charge >= 0.3 is 0 Å². The van der Waals surface area contributed by atoms with Crippen LogP contribution in [0.2, 0.25) is 0 Å². The van der Waals surface area contributed by atoms with E-state index in [1.165, 1.54) is 32.1 Å². The van der Waals surface area contributed by atoms with Crippen LogP contribution in [-0.4, -0.2) is 41.0 Å². The quantitative estimate of drug-likeness (QED) is 0.549. The van der Waals surface area contributed by atoms with Crippen molar-refractivity contribution in [3.8, 4) is 11.5 Å². The number of hydrogen-bond donors (Lipinski definition) is 2. The molecule has 0 spiro atoms.